The highest BCUT2D eigenvalue weighted by Gasteiger charge is 2.40. The maximum absolute atomic E-state index is 11.1. The number of aromatic carboxylic acids is 1. The molecule has 0 atom stereocenters. The molecule has 6 nitrogen and oxygen atoms in total. The van der Waals surface area contributed by atoms with E-state index in [0.717, 1.165) is 31.6 Å². The van der Waals surface area contributed by atoms with Gasteiger partial charge in [-0.25, -0.2) is 4.79 Å². The fourth-order valence-corrected chi connectivity index (χ4v) is 2.82. The lowest BCUT2D eigenvalue weighted by molar-refractivity contribution is -0.169. The van der Waals surface area contributed by atoms with Crippen molar-refractivity contribution in [2.45, 2.75) is 18.6 Å². The third kappa shape index (κ3) is 2.32. The van der Waals surface area contributed by atoms with Crippen molar-refractivity contribution >= 4 is 17.3 Å². The number of nitrogens with two attached hydrogens (primary N) is 1. The molecule has 1 aromatic rings. The van der Waals surface area contributed by atoms with Crippen LogP contribution in [0.15, 0.2) is 18.2 Å². The van der Waals surface area contributed by atoms with Crippen molar-refractivity contribution in [2.24, 2.45) is 0 Å². The number of rotatable bonds is 2. The van der Waals surface area contributed by atoms with Gasteiger partial charge in [0.25, 0.3) is 0 Å². The van der Waals surface area contributed by atoms with E-state index in [9.17, 15) is 4.79 Å². The molecule has 3 N–H and O–H groups in total. The van der Waals surface area contributed by atoms with Crippen LogP contribution in [0.2, 0.25) is 0 Å². The highest BCUT2D eigenvalue weighted by molar-refractivity contribution is 5.90. The quantitative estimate of drug-likeness (QED) is 0.793. The minimum absolute atomic E-state index is 0.253. The van der Waals surface area contributed by atoms with Gasteiger partial charge in [-0.05, 0) is 18.2 Å². The van der Waals surface area contributed by atoms with Gasteiger partial charge >= 0.3 is 5.97 Å². The third-order valence-corrected chi connectivity index (χ3v) is 3.96. The molecular formula is C14H18N2O4. The Hall–Kier alpha value is -1.79. The van der Waals surface area contributed by atoms with Crippen LogP contribution in [0.25, 0.3) is 0 Å². The molecule has 2 aliphatic rings. The number of ether oxygens (including phenoxy) is 2. The second-order valence-electron chi connectivity index (χ2n) is 5.17. The molecule has 2 saturated heterocycles. The highest BCUT2D eigenvalue weighted by Crippen LogP contribution is 2.35. The summed E-state index contributed by atoms with van der Waals surface area (Å²) in [6.07, 6.45) is 1.54. The summed E-state index contributed by atoms with van der Waals surface area (Å²) in [5.74, 6) is -1.38. The molecule has 2 heterocycles. The number of anilines is 2. The van der Waals surface area contributed by atoms with Gasteiger partial charge in [0, 0.05) is 25.9 Å². The summed E-state index contributed by atoms with van der Waals surface area (Å²) in [5.41, 5.74) is 7.59. The maximum atomic E-state index is 11.1. The van der Waals surface area contributed by atoms with E-state index < -0.39 is 11.8 Å². The Balaban J connectivity index is 1.77. The van der Waals surface area contributed by atoms with Gasteiger partial charge < -0.3 is 25.2 Å². The van der Waals surface area contributed by atoms with E-state index in [1.807, 2.05) is 0 Å². The number of benzene rings is 1. The van der Waals surface area contributed by atoms with Gasteiger partial charge in [-0.15, -0.1) is 0 Å². The van der Waals surface area contributed by atoms with Crippen LogP contribution in [0.1, 0.15) is 23.2 Å². The van der Waals surface area contributed by atoms with Gasteiger partial charge in [0.15, 0.2) is 5.79 Å². The SMILES string of the molecule is Nc1ccc(C(=O)O)cc1N1CCC2(CC1)OCCO2. The summed E-state index contributed by atoms with van der Waals surface area (Å²) in [7, 11) is 0. The summed E-state index contributed by atoms with van der Waals surface area (Å²) in [6, 6.07) is 4.80. The molecule has 1 aromatic carbocycles. The van der Waals surface area contributed by atoms with Crippen molar-refractivity contribution < 1.29 is 19.4 Å². The number of carboxylic acids is 1. The Bertz CT molecular complexity index is 516. The molecule has 0 aliphatic carbocycles. The van der Waals surface area contributed by atoms with E-state index in [2.05, 4.69) is 4.90 Å². The number of nitrogens with zero attached hydrogens (tertiary/aromatic N) is 1. The molecule has 0 aromatic heterocycles. The predicted molar refractivity (Wildman–Crippen MR) is 73.9 cm³/mol. The van der Waals surface area contributed by atoms with E-state index in [0.29, 0.717) is 18.9 Å². The molecule has 2 fully saturated rings. The first-order chi connectivity index (χ1) is 9.60. The Labute approximate surface area is 117 Å². The summed E-state index contributed by atoms with van der Waals surface area (Å²) >= 11 is 0. The van der Waals surface area contributed by atoms with Crippen molar-refractivity contribution in [3.05, 3.63) is 23.8 Å². The Morgan fingerprint density at radius 3 is 2.50 bits per heavy atom. The molecule has 2 aliphatic heterocycles. The van der Waals surface area contributed by atoms with E-state index in [-0.39, 0.29) is 5.56 Å². The first-order valence-electron chi connectivity index (χ1n) is 6.75. The lowest BCUT2D eigenvalue weighted by Gasteiger charge is -2.39. The summed E-state index contributed by atoms with van der Waals surface area (Å²) in [6.45, 7) is 2.79. The number of nitrogen functional groups attached to an aromatic ring is 1. The molecule has 108 valence electrons. The van der Waals surface area contributed by atoms with Gasteiger partial charge in [0.1, 0.15) is 0 Å². The first-order valence-corrected chi connectivity index (χ1v) is 6.75. The van der Waals surface area contributed by atoms with Crippen LogP contribution in [0.4, 0.5) is 11.4 Å². The minimum Gasteiger partial charge on any atom is -0.478 e. The number of hydrogen-bond donors (Lipinski definition) is 2. The zero-order valence-electron chi connectivity index (χ0n) is 11.2. The number of piperidine rings is 1. The lowest BCUT2D eigenvalue weighted by atomic mass is 10.0. The summed E-state index contributed by atoms with van der Waals surface area (Å²) in [4.78, 5) is 13.1. The van der Waals surface area contributed by atoms with Crippen LogP contribution >= 0.6 is 0 Å². The van der Waals surface area contributed by atoms with E-state index >= 15 is 0 Å². The molecule has 1 spiro atoms. The second kappa shape index (κ2) is 4.96. The Kier molecular flexibility index (Phi) is 3.27. The molecule has 20 heavy (non-hydrogen) atoms. The lowest BCUT2D eigenvalue weighted by Crippen LogP contribution is -2.45. The normalized spacial score (nSPS) is 21.3. The predicted octanol–water partition coefficient (Wildman–Crippen LogP) is 1.31. The van der Waals surface area contributed by atoms with Crippen LogP contribution in [-0.4, -0.2) is 43.2 Å². The highest BCUT2D eigenvalue weighted by atomic mass is 16.7. The smallest absolute Gasteiger partial charge is 0.335 e. The first kappa shape index (κ1) is 13.2. The summed E-state index contributed by atoms with van der Waals surface area (Å²) in [5, 5.41) is 9.07. The zero-order valence-corrected chi connectivity index (χ0v) is 11.2. The average Bonchev–Trinajstić information content (AvgIpc) is 2.89. The topological polar surface area (TPSA) is 85.0 Å². The molecular weight excluding hydrogens is 260 g/mol. The van der Waals surface area contributed by atoms with Gasteiger partial charge in [-0.1, -0.05) is 0 Å². The molecule has 0 radical (unpaired) electrons. The van der Waals surface area contributed by atoms with E-state index in [4.69, 9.17) is 20.3 Å². The third-order valence-electron chi connectivity index (χ3n) is 3.96. The van der Waals surface area contributed by atoms with Crippen LogP contribution in [-0.2, 0) is 9.47 Å². The molecule has 0 unspecified atom stereocenters. The standard InChI is InChI=1S/C14H18N2O4/c15-11-2-1-10(13(17)18)9-12(11)16-5-3-14(4-6-16)19-7-8-20-14/h1-2,9H,3-8,15H2,(H,17,18). The number of carbonyl (C=O) groups is 1. The number of hydrogen-bond acceptors (Lipinski definition) is 5. The van der Waals surface area contributed by atoms with E-state index in [1.54, 1.807) is 12.1 Å². The largest absolute Gasteiger partial charge is 0.478 e. The molecule has 3 rings (SSSR count). The Morgan fingerprint density at radius 2 is 1.90 bits per heavy atom. The second-order valence-corrected chi connectivity index (χ2v) is 5.17. The van der Waals surface area contributed by atoms with Crippen LogP contribution < -0.4 is 10.6 Å². The number of carboxylic acid groups (broad SMARTS) is 1. The van der Waals surface area contributed by atoms with Crippen LogP contribution in [0.3, 0.4) is 0 Å². The van der Waals surface area contributed by atoms with Gasteiger partial charge in [0.05, 0.1) is 30.2 Å². The molecule has 0 saturated carbocycles. The average molecular weight is 278 g/mol. The summed E-state index contributed by atoms with van der Waals surface area (Å²) < 4.78 is 11.4. The van der Waals surface area contributed by atoms with Crippen molar-refractivity contribution in [1.82, 2.24) is 0 Å². The van der Waals surface area contributed by atoms with Gasteiger partial charge in [-0.3, -0.25) is 0 Å². The van der Waals surface area contributed by atoms with Crippen molar-refractivity contribution in [3.8, 4) is 0 Å². The van der Waals surface area contributed by atoms with Crippen LogP contribution in [0, 0.1) is 0 Å². The van der Waals surface area contributed by atoms with Crippen molar-refractivity contribution in [1.29, 1.82) is 0 Å². The van der Waals surface area contributed by atoms with Crippen LogP contribution in [0.5, 0.6) is 0 Å². The van der Waals surface area contributed by atoms with Gasteiger partial charge in [0.2, 0.25) is 0 Å². The molecule has 0 bridgehead atoms. The van der Waals surface area contributed by atoms with Gasteiger partial charge in [-0.2, -0.15) is 0 Å². The monoisotopic (exact) mass is 278 g/mol. The van der Waals surface area contributed by atoms with E-state index in [1.165, 1.54) is 6.07 Å². The fourth-order valence-electron chi connectivity index (χ4n) is 2.82. The molecule has 6 heteroatoms. The zero-order chi connectivity index (χ0) is 14.2. The molecule has 0 amide bonds. The fraction of sp³-hybridized carbons (Fsp3) is 0.500. The Morgan fingerprint density at radius 1 is 1.25 bits per heavy atom. The maximum Gasteiger partial charge on any atom is 0.335 e. The van der Waals surface area contributed by atoms with Crippen molar-refractivity contribution in [3.63, 3.8) is 0 Å². The minimum atomic E-state index is -0.942. The van der Waals surface area contributed by atoms with Crippen molar-refractivity contribution in [2.75, 3.05) is 36.9 Å².